The molecule has 1 amide bonds. The van der Waals surface area contributed by atoms with Crippen LogP contribution in [0, 0.1) is 0 Å². The van der Waals surface area contributed by atoms with Gasteiger partial charge in [0.2, 0.25) is 0 Å². The summed E-state index contributed by atoms with van der Waals surface area (Å²) in [7, 11) is 1.61. The van der Waals surface area contributed by atoms with E-state index in [0.29, 0.717) is 23.4 Å². The number of amides is 1. The van der Waals surface area contributed by atoms with Gasteiger partial charge < -0.3 is 24.9 Å². The van der Waals surface area contributed by atoms with Crippen LogP contribution in [0.1, 0.15) is 21.5 Å². The fourth-order valence-corrected chi connectivity index (χ4v) is 4.39. The number of ether oxygens (including phenoxy) is 2. The number of benzene rings is 2. The molecule has 180 valence electrons. The summed E-state index contributed by atoms with van der Waals surface area (Å²) in [4.78, 5) is 22.8. The molecule has 1 saturated heterocycles. The van der Waals surface area contributed by atoms with Gasteiger partial charge in [-0.25, -0.2) is 0 Å². The summed E-state index contributed by atoms with van der Waals surface area (Å²) in [6.45, 7) is 4.48. The maximum Gasteiger partial charge on any atom is 0.251 e. The van der Waals surface area contributed by atoms with E-state index in [1.165, 1.54) is 0 Å². The Morgan fingerprint density at radius 2 is 2.00 bits per heavy atom. The number of methoxy groups -OCH3 is 1. The molecule has 0 unspecified atom stereocenters. The number of carbonyl (C=O) groups is 1. The molecule has 1 aliphatic rings. The Morgan fingerprint density at radius 3 is 2.77 bits per heavy atom. The number of aromatic nitrogens is 2. The van der Waals surface area contributed by atoms with Crippen LogP contribution in [0.2, 0.25) is 0 Å². The Balaban J connectivity index is 1.36. The first-order chi connectivity index (χ1) is 17.1. The second kappa shape index (κ2) is 10.2. The minimum atomic E-state index is -0.210. The van der Waals surface area contributed by atoms with E-state index < -0.39 is 0 Å². The van der Waals surface area contributed by atoms with Crippen molar-refractivity contribution >= 4 is 16.8 Å². The number of para-hydroxylation sites is 1. The maximum atomic E-state index is 12.9. The van der Waals surface area contributed by atoms with E-state index in [9.17, 15) is 9.90 Å². The molecule has 0 spiro atoms. The molecule has 2 aromatic heterocycles. The summed E-state index contributed by atoms with van der Waals surface area (Å²) in [6, 6.07) is 16.8. The second-order valence-corrected chi connectivity index (χ2v) is 8.54. The molecule has 8 nitrogen and oxygen atoms in total. The van der Waals surface area contributed by atoms with Crippen LogP contribution in [0.25, 0.3) is 22.2 Å². The average molecular weight is 473 g/mol. The molecule has 1 fully saturated rings. The van der Waals surface area contributed by atoms with Crippen molar-refractivity contribution in [3.63, 3.8) is 0 Å². The molecule has 0 bridgehead atoms. The lowest BCUT2D eigenvalue weighted by atomic mass is 10.1. The van der Waals surface area contributed by atoms with Crippen LogP contribution < -0.4 is 10.1 Å². The molecule has 8 heteroatoms. The zero-order valence-corrected chi connectivity index (χ0v) is 19.6. The number of hydrogen-bond acceptors (Lipinski definition) is 6. The van der Waals surface area contributed by atoms with E-state index in [0.717, 1.165) is 60.6 Å². The summed E-state index contributed by atoms with van der Waals surface area (Å²) in [5.41, 5.74) is 4.45. The number of fused-ring (bicyclic) bond motifs is 1. The SMILES string of the molecule is COc1ccccc1CNC(=O)c1ccc2[nH]c(O)c(-c3ccc(CN4CCOCC4)cn3)c2c1. The van der Waals surface area contributed by atoms with E-state index >= 15 is 0 Å². The quantitative estimate of drug-likeness (QED) is 0.379. The standard InChI is InChI=1S/C27H28N4O4/c1-34-24-5-3-2-4-20(24)16-29-26(32)19-7-9-22-21(14-19)25(27(33)30-22)23-8-6-18(15-28-23)17-31-10-12-35-13-11-31/h2-9,14-15,30,33H,10-13,16-17H2,1H3,(H,29,32). The van der Waals surface area contributed by atoms with Crippen molar-refractivity contribution in [1.82, 2.24) is 20.2 Å². The molecule has 3 heterocycles. The summed E-state index contributed by atoms with van der Waals surface area (Å²) in [6.07, 6.45) is 1.84. The lowest BCUT2D eigenvalue weighted by molar-refractivity contribution is 0.0341. The van der Waals surface area contributed by atoms with Crippen molar-refractivity contribution in [3.05, 3.63) is 77.5 Å². The summed E-state index contributed by atoms with van der Waals surface area (Å²) in [5, 5.41) is 14.3. The highest BCUT2D eigenvalue weighted by atomic mass is 16.5. The van der Waals surface area contributed by atoms with Crippen LogP contribution in [0.3, 0.4) is 0 Å². The van der Waals surface area contributed by atoms with Gasteiger partial charge in [0.1, 0.15) is 5.75 Å². The van der Waals surface area contributed by atoms with E-state index in [4.69, 9.17) is 9.47 Å². The summed E-state index contributed by atoms with van der Waals surface area (Å²) >= 11 is 0. The van der Waals surface area contributed by atoms with Crippen LogP contribution in [0.4, 0.5) is 0 Å². The monoisotopic (exact) mass is 472 g/mol. The van der Waals surface area contributed by atoms with Crippen molar-refractivity contribution in [2.45, 2.75) is 13.1 Å². The van der Waals surface area contributed by atoms with Gasteiger partial charge in [-0.1, -0.05) is 24.3 Å². The molecule has 5 rings (SSSR count). The predicted octanol–water partition coefficient (Wildman–Crippen LogP) is 3.71. The third-order valence-corrected chi connectivity index (χ3v) is 6.26. The molecular formula is C27H28N4O4. The lowest BCUT2D eigenvalue weighted by Gasteiger charge is -2.26. The maximum absolute atomic E-state index is 12.9. The Labute approximate surface area is 203 Å². The van der Waals surface area contributed by atoms with Crippen molar-refractivity contribution in [1.29, 1.82) is 0 Å². The van der Waals surface area contributed by atoms with Crippen LogP contribution in [-0.4, -0.2) is 59.3 Å². The van der Waals surface area contributed by atoms with Gasteiger partial charge in [-0.3, -0.25) is 14.7 Å². The first kappa shape index (κ1) is 22.9. The minimum Gasteiger partial charge on any atom is -0.496 e. The average Bonchev–Trinajstić information content (AvgIpc) is 3.23. The Morgan fingerprint density at radius 1 is 1.17 bits per heavy atom. The fraction of sp³-hybridized carbons (Fsp3) is 0.259. The molecule has 35 heavy (non-hydrogen) atoms. The lowest BCUT2D eigenvalue weighted by Crippen LogP contribution is -2.35. The highest BCUT2D eigenvalue weighted by Gasteiger charge is 2.17. The smallest absolute Gasteiger partial charge is 0.251 e. The zero-order valence-electron chi connectivity index (χ0n) is 19.6. The van der Waals surface area contributed by atoms with Gasteiger partial charge in [-0.2, -0.15) is 0 Å². The molecule has 0 saturated carbocycles. The Kier molecular flexibility index (Phi) is 6.65. The highest BCUT2D eigenvalue weighted by molar-refractivity contribution is 6.03. The molecule has 0 radical (unpaired) electrons. The van der Waals surface area contributed by atoms with Crippen molar-refractivity contribution in [2.75, 3.05) is 33.4 Å². The van der Waals surface area contributed by atoms with Gasteiger partial charge in [-0.05, 0) is 35.9 Å². The largest absolute Gasteiger partial charge is 0.496 e. The van der Waals surface area contributed by atoms with Gasteiger partial charge >= 0.3 is 0 Å². The number of morpholine rings is 1. The summed E-state index contributed by atoms with van der Waals surface area (Å²) < 4.78 is 10.8. The fourth-order valence-electron chi connectivity index (χ4n) is 4.39. The van der Waals surface area contributed by atoms with Gasteiger partial charge in [0, 0.05) is 54.4 Å². The topological polar surface area (TPSA) is 99.7 Å². The highest BCUT2D eigenvalue weighted by Crippen LogP contribution is 2.36. The van der Waals surface area contributed by atoms with Gasteiger partial charge in [0.25, 0.3) is 5.91 Å². The molecule has 2 aromatic carbocycles. The number of H-pyrrole nitrogens is 1. The molecule has 0 atom stereocenters. The molecular weight excluding hydrogens is 444 g/mol. The number of aromatic amines is 1. The third-order valence-electron chi connectivity index (χ3n) is 6.26. The van der Waals surface area contributed by atoms with Gasteiger partial charge in [-0.15, -0.1) is 0 Å². The van der Waals surface area contributed by atoms with Crippen molar-refractivity contribution in [3.8, 4) is 22.9 Å². The first-order valence-corrected chi connectivity index (χ1v) is 11.6. The predicted molar refractivity (Wildman–Crippen MR) is 133 cm³/mol. The molecule has 0 aliphatic carbocycles. The molecule has 3 N–H and O–H groups in total. The van der Waals surface area contributed by atoms with E-state index in [1.807, 2.05) is 42.6 Å². The Hall–Kier alpha value is -3.88. The molecule has 1 aliphatic heterocycles. The van der Waals surface area contributed by atoms with Crippen molar-refractivity contribution < 1.29 is 19.4 Å². The number of nitrogens with one attached hydrogen (secondary N) is 2. The molecule has 4 aromatic rings. The zero-order chi connectivity index (χ0) is 24.2. The third kappa shape index (κ3) is 4.99. The normalized spacial score (nSPS) is 14.2. The number of hydrogen-bond donors (Lipinski definition) is 3. The number of aromatic hydroxyl groups is 1. The van der Waals surface area contributed by atoms with E-state index in [1.54, 1.807) is 25.3 Å². The van der Waals surface area contributed by atoms with Gasteiger partial charge in [0.15, 0.2) is 5.88 Å². The number of nitrogens with zero attached hydrogens (tertiary/aromatic N) is 2. The van der Waals surface area contributed by atoms with Crippen LogP contribution >= 0.6 is 0 Å². The second-order valence-electron chi connectivity index (χ2n) is 8.54. The van der Waals surface area contributed by atoms with E-state index in [2.05, 4.69) is 20.2 Å². The van der Waals surface area contributed by atoms with Crippen LogP contribution in [0.5, 0.6) is 11.6 Å². The minimum absolute atomic E-state index is 0.0278. The van der Waals surface area contributed by atoms with Crippen LogP contribution in [0.15, 0.2) is 60.8 Å². The van der Waals surface area contributed by atoms with Crippen molar-refractivity contribution in [2.24, 2.45) is 0 Å². The number of carbonyl (C=O) groups excluding carboxylic acids is 1. The van der Waals surface area contributed by atoms with Gasteiger partial charge in [0.05, 0.1) is 31.6 Å². The van der Waals surface area contributed by atoms with E-state index in [-0.39, 0.29) is 11.8 Å². The Bertz CT molecular complexity index is 1330. The number of pyridine rings is 1. The number of rotatable bonds is 7. The summed E-state index contributed by atoms with van der Waals surface area (Å²) in [5.74, 6) is 0.544. The van der Waals surface area contributed by atoms with Crippen LogP contribution in [-0.2, 0) is 17.8 Å². The first-order valence-electron chi connectivity index (χ1n) is 11.6.